The van der Waals surface area contributed by atoms with Gasteiger partial charge in [-0.05, 0) is 28.8 Å². The Bertz CT molecular complexity index is 712. The summed E-state index contributed by atoms with van der Waals surface area (Å²) in [5, 5.41) is 0. The molecule has 0 saturated carbocycles. The molecule has 0 amide bonds. The van der Waals surface area contributed by atoms with Crippen LogP contribution in [0.25, 0.3) is 17.1 Å². The number of benzene rings is 2. The van der Waals surface area contributed by atoms with E-state index in [4.69, 9.17) is 0 Å². The van der Waals surface area contributed by atoms with Crippen molar-refractivity contribution < 1.29 is 13.2 Å². The van der Waals surface area contributed by atoms with Gasteiger partial charge in [0.1, 0.15) is 0 Å². The fraction of sp³-hybridized carbons (Fsp3) is 0.0588. The van der Waals surface area contributed by atoms with E-state index in [2.05, 4.69) is 0 Å². The topological polar surface area (TPSA) is 0 Å². The molecule has 0 fully saturated rings. The number of alkyl halides is 3. The number of rotatable bonds is 1. The quantitative estimate of drug-likeness (QED) is 0.638. The number of allylic oxidation sites excluding steroid dienone is 1. The Morgan fingerprint density at radius 3 is 2.24 bits per heavy atom. The highest BCUT2D eigenvalue weighted by molar-refractivity contribution is 8.12. The van der Waals surface area contributed by atoms with Crippen molar-refractivity contribution in [2.75, 3.05) is 0 Å². The average molecular weight is 304 g/mol. The molecule has 2 aromatic carbocycles. The molecule has 0 saturated heterocycles. The molecular formula is C17H11F3S. The van der Waals surface area contributed by atoms with Gasteiger partial charge in [0, 0.05) is 4.91 Å². The second-order valence-corrected chi connectivity index (χ2v) is 5.70. The van der Waals surface area contributed by atoms with Crippen molar-refractivity contribution in [1.82, 2.24) is 0 Å². The molecule has 0 atom stereocenters. The molecule has 1 aliphatic heterocycles. The molecule has 106 valence electrons. The Morgan fingerprint density at radius 1 is 0.857 bits per heavy atom. The molecule has 0 N–H and O–H groups in total. The second kappa shape index (κ2) is 5.45. The maximum absolute atomic E-state index is 13.0. The molecule has 4 heteroatoms. The van der Waals surface area contributed by atoms with Crippen molar-refractivity contribution in [3.63, 3.8) is 0 Å². The third-order valence-corrected chi connectivity index (χ3v) is 4.24. The molecule has 2 aromatic rings. The van der Waals surface area contributed by atoms with Crippen LogP contribution < -0.4 is 0 Å². The van der Waals surface area contributed by atoms with Gasteiger partial charge in [0.25, 0.3) is 0 Å². The maximum atomic E-state index is 13.0. The van der Waals surface area contributed by atoms with Crippen molar-refractivity contribution in [3.8, 4) is 0 Å². The first-order valence-corrected chi connectivity index (χ1v) is 7.18. The highest BCUT2D eigenvalue weighted by Gasteiger charge is 2.37. The second-order valence-electron chi connectivity index (χ2n) is 4.61. The first-order chi connectivity index (χ1) is 10.0. The van der Waals surface area contributed by atoms with Gasteiger partial charge >= 0.3 is 6.18 Å². The summed E-state index contributed by atoms with van der Waals surface area (Å²) in [6.45, 7) is 0. The van der Waals surface area contributed by atoms with Gasteiger partial charge in [-0.1, -0.05) is 66.4 Å². The first kappa shape index (κ1) is 14.0. The normalized spacial score (nSPS) is 16.5. The average Bonchev–Trinajstić information content (AvgIpc) is 2.47. The fourth-order valence-electron chi connectivity index (χ4n) is 2.14. The molecule has 0 bridgehead atoms. The largest absolute Gasteiger partial charge is 0.422 e. The lowest BCUT2D eigenvalue weighted by atomic mass is 10.0. The van der Waals surface area contributed by atoms with Gasteiger partial charge in [-0.2, -0.15) is 13.2 Å². The minimum Gasteiger partial charge on any atom is -0.166 e. The highest BCUT2D eigenvalue weighted by Crippen LogP contribution is 2.48. The molecule has 0 aromatic heterocycles. The number of halogens is 3. The number of hydrogen-bond acceptors (Lipinski definition) is 1. The van der Waals surface area contributed by atoms with E-state index in [9.17, 15) is 13.2 Å². The van der Waals surface area contributed by atoms with Crippen LogP contribution in [0, 0.1) is 0 Å². The van der Waals surface area contributed by atoms with Crippen LogP contribution in [-0.4, -0.2) is 6.18 Å². The van der Waals surface area contributed by atoms with Crippen LogP contribution >= 0.6 is 11.8 Å². The summed E-state index contributed by atoms with van der Waals surface area (Å²) in [6, 6.07) is 16.5. The summed E-state index contributed by atoms with van der Waals surface area (Å²) in [5.74, 6) is 0. The molecule has 3 rings (SSSR count). The van der Waals surface area contributed by atoms with Gasteiger partial charge in [-0.15, -0.1) is 0 Å². The summed E-state index contributed by atoms with van der Waals surface area (Å²) in [6.07, 6.45) is -1.32. The Hall–Kier alpha value is -1.94. The van der Waals surface area contributed by atoms with Crippen molar-refractivity contribution >= 4 is 28.8 Å². The number of fused-ring (bicyclic) bond motifs is 1. The molecular weight excluding hydrogens is 293 g/mol. The molecule has 0 aliphatic carbocycles. The van der Waals surface area contributed by atoms with Crippen LogP contribution in [0.2, 0.25) is 0 Å². The molecule has 0 nitrogen and oxygen atoms in total. The van der Waals surface area contributed by atoms with Crippen LogP contribution in [0.4, 0.5) is 13.2 Å². The zero-order valence-corrected chi connectivity index (χ0v) is 11.7. The van der Waals surface area contributed by atoms with Gasteiger partial charge in [-0.25, -0.2) is 0 Å². The Kier molecular flexibility index (Phi) is 3.64. The van der Waals surface area contributed by atoms with E-state index in [-0.39, 0.29) is 0 Å². The molecule has 0 unspecified atom stereocenters. The maximum Gasteiger partial charge on any atom is 0.422 e. The number of thioether (sulfide) groups is 1. The van der Waals surface area contributed by atoms with Crippen LogP contribution in [0.15, 0.2) is 59.5 Å². The third-order valence-electron chi connectivity index (χ3n) is 3.11. The van der Waals surface area contributed by atoms with Crippen LogP contribution in [0.3, 0.4) is 0 Å². The number of hydrogen-bond donors (Lipinski definition) is 0. The Morgan fingerprint density at radius 2 is 1.52 bits per heavy atom. The van der Waals surface area contributed by atoms with Gasteiger partial charge < -0.3 is 0 Å². The minimum atomic E-state index is -4.33. The van der Waals surface area contributed by atoms with Crippen LogP contribution in [-0.2, 0) is 0 Å². The predicted octanol–water partition coefficient (Wildman–Crippen LogP) is 5.83. The first-order valence-electron chi connectivity index (χ1n) is 6.37. The summed E-state index contributed by atoms with van der Waals surface area (Å²) < 4.78 is 39.1. The van der Waals surface area contributed by atoms with Crippen LogP contribution in [0.1, 0.15) is 16.7 Å². The van der Waals surface area contributed by atoms with Crippen molar-refractivity contribution in [3.05, 3.63) is 76.2 Å². The molecule has 0 spiro atoms. The van der Waals surface area contributed by atoms with E-state index < -0.39 is 11.1 Å². The monoisotopic (exact) mass is 304 g/mol. The van der Waals surface area contributed by atoms with Gasteiger partial charge in [0.15, 0.2) is 0 Å². The van der Waals surface area contributed by atoms with Crippen molar-refractivity contribution in [1.29, 1.82) is 0 Å². The van der Waals surface area contributed by atoms with E-state index in [1.807, 2.05) is 42.5 Å². The zero-order chi connectivity index (χ0) is 14.9. The molecule has 0 radical (unpaired) electrons. The summed E-state index contributed by atoms with van der Waals surface area (Å²) >= 11 is 0.773. The third kappa shape index (κ3) is 3.05. The lowest BCUT2D eigenvalue weighted by molar-refractivity contribution is -0.0827. The zero-order valence-electron chi connectivity index (χ0n) is 10.9. The lowest BCUT2D eigenvalue weighted by Crippen LogP contribution is -2.11. The van der Waals surface area contributed by atoms with E-state index >= 15 is 0 Å². The van der Waals surface area contributed by atoms with Crippen molar-refractivity contribution in [2.45, 2.75) is 6.18 Å². The molecule has 1 heterocycles. The summed E-state index contributed by atoms with van der Waals surface area (Å²) in [4.78, 5) is 0.0370. The fourth-order valence-corrected chi connectivity index (χ4v) is 3.17. The van der Waals surface area contributed by atoms with Crippen LogP contribution in [0.5, 0.6) is 0 Å². The van der Waals surface area contributed by atoms with Gasteiger partial charge in [-0.3, -0.25) is 0 Å². The lowest BCUT2D eigenvalue weighted by Gasteiger charge is -2.20. The van der Waals surface area contributed by atoms with E-state index in [0.29, 0.717) is 10.5 Å². The SMILES string of the molecule is FC(F)(F)C1=Cc2ccccc2/C(=C/c2ccccc2)S1. The molecule has 1 aliphatic rings. The Balaban J connectivity index is 2.10. The Labute approximate surface area is 125 Å². The van der Waals surface area contributed by atoms with Gasteiger partial charge in [0.2, 0.25) is 0 Å². The smallest absolute Gasteiger partial charge is 0.166 e. The van der Waals surface area contributed by atoms with E-state index in [1.54, 1.807) is 18.2 Å². The standard InChI is InChI=1S/C17H11F3S/c18-17(19,20)16-11-13-8-4-5-9-14(13)15(21-16)10-12-6-2-1-3-7-12/h1-11H/b15-10-. The summed E-state index contributed by atoms with van der Waals surface area (Å²) in [5.41, 5.74) is 2.32. The van der Waals surface area contributed by atoms with Gasteiger partial charge in [0.05, 0.1) is 4.91 Å². The predicted molar refractivity (Wildman–Crippen MR) is 82.4 cm³/mol. The highest BCUT2D eigenvalue weighted by atomic mass is 32.2. The molecule has 21 heavy (non-hydrogen) atoms. The van der Waals surface area contributed by atoms with E-state index in [0.717, 1.165) is 22.9 Å². The minimum absolute atomic E-state index is 0.580. The van der Waals surface area contributed by atoms with E-state index in [1.165, 1.54) is 6.08 Å². The van der Waals surface area contributed by atoms with Crippen molar-refractivity contribution in [2.24, 2.45) is 0 Å². The summed E-state index contributed by atoms with van der Waals surface area (Å²) in [7, 11) is 0.